The Hall–Kier alpha value is -1.56. The molecule has 1 rings (SSSR count). The Balaban J connectivity index is 2.61. The second-order valence-corrected chi connectivity index (χ2v) is 4.39. The number of hydrogen-bond acceptors (Lipinski definition) is 4. The molecule has 1 aromatic heterocycles. The lowest BCUT2D eigenvalue weighted by Gasteiger charge is -2.10. The monoisotopic (exact) mass is 239 g/mol. The van der Waals surface area contributed by atoms with Crippen molar-refractivity contribution >= 4 is 5.96 Å². The average molecular weight is 239 g/mol. The number of nitrogens with one attached hydrogen (secondary N) is 2. The van der Waals surface area contributed by atoms with Gasteiger partial charge in [-0.05, 0) is 19.8 Å². The van der Waals surface area contributed by atoms with Crippen LogP contribution < -0.4 is 16.6 Å². The van der Waals surface area contributed by atoms with Crippen molar-refractivity contribution in [1.29, 1.82) is 0 Å². The molecule has 0 radical (unpaired) electrons. The predicted molar refractivity (Wildman–Crippen MR) is 67.3 cm³/mol. The highest BCUT2D eigenvalue weighted by Gasteiger charge is 2.08. The molecule has 1 aromatic rings. The van der Waals surface area contributed by atoms with E-state index in [0.29, 0.717) is 18.4 Å². The van der Waals surface area contributed by atoms with Crippen LogP contribution in [0.3, 0.4) is 0 Å². The topological polar surface area (TPSA) is 88.5 Å². The first kappa shape index (κ1) is 13.5. The minimum absolute atomic E-state index is 0.506. The van der Waals surface area contributed by atoms with Crippen molar-refractivity contribution in [2.24, 2.45) is 16.8 Å². The van der Waals surface area contributed by atoms with Gasteiger partial charge in [0.25, 0.3) is 0 Å². The molecule has 0 spiro atoms. The molecule has 1 heterocycles. The fraction of sp³-hybridized carbons (Fsp3) is 0.636. The summed E-state index contributed by atoms with van der Waals surface area (Å²) >= 11 is 0. The molecule has 6 heteroatoms. The number of hydrogen-bond donors (Lipinski definition) is 3. The van der Waals surface area contributed by atoms with Gasteiger partial charge in [0.15, 0.2) is 0 Å². The van der Waals surface area contributed by atoms with Crippen molar-refractivity contribution in [1.82, 2.24) is 15.9 Å². The van der Waals surface area contributed by atoms with Gasteiger partial charge in [0, 0.05) is 12.1 Å². The van der Waals surface area contributed by atoms with Crippen LogP contribution in [0.25, 0.3) is 0 Å². The Morgan fingerprint density at radius 3 is 2.65 bits per heavy atom. The molecule has 0 aromatic carbocycles. The number of rotatable bonds is 4. The van der Waals surface area contributed by atoms with Crippen molar-refractivity contribution in [2.45, 2.75) is 34.2 Å². The average Bonchev–Trinajstić information content (AvgIpc) is 2.59. The highest BCUT2D eigenvalue weighted by atomic mass is 16.5. The van der Waals surface area contributed by atoms with E-state index in [1.807, 2.05) is 13.8 Å². The number of hydrazine groups is 1. The van der Waals surface area contributed by atoms with Gasteiger partial charge in [-0.1, -0.05) is 19.0 Å². The van der Waals surface area contributed by atoms with E-state index < -0.39 is 0 Å². The normalized spacial score (nSPS) is 12.0. The minimum Gasteiger partial charge on any atom is -0.361 e. The third kappa shape index (κ3) is 4.07. The second-order valence-electron chi connectivity index (χ2n) is 4.39. The summed E-state index contributed by atoms with van der Waals surface area (Å²) in [6.45, 7) is 9.35. The Bertz CT molecular complexity index is 364. The zero-order chi connectivity index (χ0) is 12.8. The molecule has 0 atom stereocenters. The Labute approximate surface area is 102 Å². The standard InChI is InChI=1S/C11H21N5O/c1-7(2)5-13-11(15-12)14-6-10-8(3)16-17-9(10)4/h7H,5-6,12H2,1-4H3,(H2,13,14,15). The smallest absolute Gasteiger partial charge is 0.206 e. The fourth-order valence-corrected chi connectivity index (χ4v) is 1.34. The summed E-state index contributed by atoms with van der Waals surface area (Å²) in [7, 11) is 0. The van der Waals surface area contributed by atoms with Gasteiger partial charge in [-0.15, -0.1) is 0 Å². The van der Waals surface area contributed by atoms with E-state index in [4.69, 9.17) is 10.4 Å². The maximum atomic E-state index is 5.39. The van der Waals surface area contributed by atoms with Gasteiger partial charge in [0.2, 0.25) is 5.96 Å². The summed E-state index contributed by atoms with van der Waals surface area (Å²) in [6.07, 6.45) is 0. The van der Waals surface area contributed by atoms with E-state index in [1.165, 1.54) is 0 Å². The van der Waals surface area contributed by atoms with E-state index in [9.17, 15) is 0 Å². The van der Waals surface area contributed by atoms with Gasteiger partial charge in [-0.2, -0.15) is 0 Å². The highest BCUT2D eigenvalue weighted by molar-refractivity contribution is 5.79. The largest absolute Gasteiger partial charge is 0.361 e. The zero-order valence-electron chi connectivity index (χ0n) is 10.9. The minimum atomic E-state index is 0.506. The summed E-state index contributed by atoms with van der Waals surface area (Å²) in [6, 6.07) is 0. The lowest BCUT2D eigenvalue weighted by molar-refractivity contribution is 0.392. The van der Waals surface area contributed by atoms with E-state index in [0.717, 1.165) is 23.6 Å². The van der Waals surface area contributed by atoms with Crippen LogP contribution in [-0.2, 0) is 6.54 Å². The Morgan fingerprint density at radius 1 is 1.47 bits per heavy atom. The van der Waals surface area contributed by atoms with E-state index in [1.54, 1.807) is 0 Å². The molecule has 4 N–H and O–H groups in total. The van der Waals surface area contributed by atoms with Crippen molar-refractivity contribution < 1.29 is 4.52 Å². The van der Waals surface area contributed by atoms with Crippen LogP contribution in [0.15, 0.2) is 9.52 Å². The molecule has 96 valence electrons. The molecule has 0 fully saturated rings. The second kappa shape index (κ2) is 6.24. The van der Waals surface area contributed by atoms with Crippen LogP contribution in [0.2, 0.25) is 0 Å². The van der Waals surface area contributed by atoms with E-state index in [2.05, 4.69) is 34.7 Å². The molecule has 0 bridgehead atoms. The van der Waals surface area contributed by atoms with Crippen LogP contribution >= 0.6 is 0 Å². The van der Waals surface area contributed by atoms with Crippen LogP contribution in [0, 0.1) is 19.8 Å². The van der Waals surface area contributed by atoms with Gasteiger partial charge in [-0.3, -0.25) is 5.43 Å². The van der Waals surface area contributed by atoms with Gasteiger partial charge in [0.1, 0.15) is 5.76 Å². The number of nitrogens with zero attached hydrogens (tertiary/aromatic N) is 2. The first-order valence-electron chi connectivity index (χ1n) is 5.71. The maximum absolute atomic E-state index is 5.39. The van der Waals surface area contributed by atoms with Gasteiger partial charge >= 0.3 is 0 Å². The molecular formula is C11H21N5O. The molecule has 0 unspecified atom stereocenters. The number of nitrogens with two attached hydrogens (primary N) is 1. The maximum Gasteiger partial charge on any atom is 0.206 e. The van der Waals surface area contributed by atoms with Crippen LogP contribution in [0.4, 0.5) is 0 Å². The first-order valence-corrected chi connectivity index (χ1v) is 5.71. The third-order valence-electron chi connectivity index (χ3n) is 2.39. The summed E-state index contributed by atoms with van der Waals surface area (Å²) in [4.78, 5) is 4.35. The van der Waals surface area contributed by atoms with E-state index >= 15 is 0 Å². The van der Waals surface area contributed by atoms with Gasteiger partial charge in [0.05, 0.1) is 12.2 Å². The summed E-state index contributed by atoms with van der Waals surface area (Å²) in [5.41, 5.74) is 4.42. The van der Waals surface area contributed by atoms with Crippen molar-refractivity contribution in [3.63, 3.8) is 0 Å². The molecule has 0 aliphatic rings. The fourth-order valence-electron chi connectivity index (χ4n) is 1.34. The lowest BCUT2D eigenvalue weighted by Crippen LogP contribution is -2.43. The molecule has 0 saturated heterocycles. The molecule has 0 aliphatic carbocycles. The molecule has 0 saturated carbocycles. The summed E-state index contributed by atoms with van der Waals surface area (Å²) in [5, 5.41) is 7.01. The molecule has 0 amide bonds. The van der Waals surface area contributed by atoms with Gasteiger partial charge in [-0.25, -0.2) is 10.8 Å². The highest BCUT2D eigenvalue weighted by Crippen LogP contribution is 2.12. The molecule has 6 nitrogen and oxygen atoms in total. The van der Waals surface area contributed by atoms with E-state index in [-0.39, 0.29) is 0 Å². The number of aryl methyl sites for hydroxylation is 2. The van der Waals surface area contributed by atoms with Gasteiger partial charge < -0.3 is 9.84 Å². The quantitative estimate of drug-likeness (QED) is 0.314. The number of aromatic nitrogens is 1. The predicted octanol–water partition coefficient (Wildman–Crippen LogP) is 0.856. The third-order valence-corrected chi connectivity index (χ3v) is 2.39. The Morgan fingerprint density at radius 2 is 2.18 bits per heavy atom. The molecular weight excluding hydrogens is 218 g/mol. The molecule has 17 heavy (non-hydrogen) atoms. The van der Waals surface area contributed by atoms with Crippen LogP contribution in [0.5, 0.6) is 0 Å². The zero-order valence-corrected chi connectivity index (χ0v) is 10.9. The first-order chi connectivity index (χ1) is 8.04. The number of aliphatic imine (C=N–C) groups is 1. The van der Waals surface area contributed by atoms with Crippen molar-refractivity contribution in [3.05, 3.63) is 17.0 Å². The SMILES string of the molecule is Cc1noc(C)c1CN=C(NN)NCC(C)C. The Kier molecular flexibility index (Phi) is 4.96. The molecule has 0 aliphatic heterocycles. The van der Waals surface area contributed by atoms with Crippen LogP contribution in [0.1, 0.15) is 30.9 Å². The van der Waals surface area contributed by atoms with Crippen molar-refractivity contribution in [3.8, 4) is 0 Å². The van der Waals surface area contributed by atoms with Crippen molar-refractivity contribution in [2.75, 3.05) is 6.54 Å². The summed E-state index contributed by atoms with van der Waals surface area (Å²) in [5.74, 6) is 7.31. The number of guanidine groups is 1. The lowest BCUT2D eigenvalue weighted by atomic mass is 10.2. The van der Waals surface area contributed by atoms with Crippen LogP contribution in [-0.4, -0.2) is 17.7 Å². The summed E-state index contributed by atoms with van der Waals surface area (Å²) < 4.78 is 5.07.